The molecule has 2 rings (SSSR count). The summed E-state index contributed by atoms with van der Waals surface area (Å²) < 4.78 is 21.6. The molecule has 1 aliphatic rings. The van der Waals surface area contributed by atoms with Crippen LogP contribution in [0.1, 0.15) is 71.8 Å². The molecule has 0 aromatic heterocycles. The Bertz CT molecular complexity index is 653. The number of benzene rings is 1. The second-order valence-electron chi connectivity index (χ2n) is 8.69. The maximum atomic E-state index is 13.5. The Morgan fingerprint density at radius 1 is 1.21 bits per heavy atom. The van der Waals surface area contributed by atoms with Crippen molar-refractivity contribution in [3.63, 3.8) is 0 Å². The minimum absolute atomic E-state index is 0.299. The van der Waals surface area contributed by atoms with Crippen LogP contribution in [0.5, 0.6) is 0 Å². The van der Waals surface area contributed by atoms with E-state index in [1.807, 2.05) is 58.0 Å². The Kier molecular flexibility index (Phi) is 8.22. The Labute approximate surface area is 172 Å². The molecule has 0 bridgehead atoms. The highest BCUT2D eigenvalue weighted by molar-refractivity contribution is 7.84. The van der Waals surface area contributed by atoms with Gasteiger partial charge in [-0.2, -0.15) is 0 Å². The molecular formula is C22H36N2O3S. The van der Waals surface area contributed by atoms with Gasteiger partial charge < -0.3 is 10.5 Å². The first-order valence-electron chi connectivity index (χ1n) is 10.4. The van der Waals surface area contributed by atoms with Gasteiger partial charge in [0.1, 0.15) is 6.10 Å². The zero-order valence-electron chi connectivity index (χ0n) is 17.7. The third kappa shape index (κ3) is 5.43. The summed E-state index contributed by atoms with van der Waals surface area (Å²) in [4.78, 5) is 13.5. The molecule has 3 N–H and O–H groups in total. The normalized spacial score (nSPS) is 20.2. The molecule has 1 fully saturated rings. The summed E-state index contributed by atoms with van der Waals surface area (Å²) in [6.07, 6.45) is 5.76. The minimum Gasteiger partial charge on any atom is -0.459 e. The summed E-state index contributed by atoms with van der Waals surface area (Å²) in [5.41, 5.74) is 5.59. The van der Waals surface area contributed by atoms with Gasteiger partial charge in [-0.25, -0.2) is 13.7 Å². The molecule has 1 aliphatic carbocycles. The minimum atomic E-state index is -1.43. The molecule has 158 valence electrons. The molecule has 0 saturated heterocycles. The van der Waals surface area contributed by atoms with Crippen molar-refractivity contribution in [1.82, 2.24) is 4.72 Å². The van der Waals surface area contributed by atoms with E-state index in [9.17, 15) is 9.00 Å². The summed E-state index contributed by atoms with van der Waals surface area (Å²) >= 11 is 0. The van der Waals surface area contributed by atoms with Crippen molar-refractivity contribution in [3.05, 3.63) is 35.9 Å². The fraction of sp³-hybridized carbons (Fsp3) is 0.682. The highest BCUT2D eigenvalue weighted by Crippen LogP contribution is 2.32. The van der Waals surface area contributed by atoms with E-state index < -0.39 is 21.3 Å². The van der Waals surface area contributed by atoms with Crippen molar-refractivity contribution in [1.29, 1.82) is 0 Å². The zero-order chi connectivity index (χ0) is 20.8. The predicted octanol–water partition coefficient (Wildman–Crippen LogP) is 3.79. The summed E-state index contributed by atoms with van der Waals surface area (Å²) in [5.74, 6) is -0.0824. The lowest BCUT2D eigenvalue weighted by Crippen LogP contribution is -2.55. The van der Waals surface area contributed by atoms with E-state index in [2.05, 4.69) is 4.72 Å². The van der Waals surface area contributed by atoms with Crippen molar-refractivity contribution in [3.8, 4) is 0 Å². The molecule has 0 heterocycles. The van der Waals surface area contributed by atoms with Crippen LogP contribution >= 0.6 is 0 Å². The molecule has 1 aromatic carbocycles. The standard InChI is InChI=1S/C22H36N2O3S/c1-5-22(18-14-10-7-11-15-18,24-28(26)21(2,3)4)20(25)27-19(16-23)17-12-8-6-9-13-17/h7,10-11,14-15,17,19,24H,5-6,8-9,12-13,16,23H2,1-4H3/t19-,22?,28?/m0/s1. The third-order valence-electron chi connectivity index (χ3n) is 5.63. The van der Waals surface area contributed by atoms with Crippen LogP contribution in [0.15, 0.2) is 30.3 Å². The smallest absolute Gasteiger partial charge is 0.332 e. The van der Waals surface area contributed by atoms with Gasteiger partial charge in [0.05, 0.1) is 15.7 Å². The summed E-state index contributed by atoms with van der Waals surface area (Å²) in [7, 11) is -1.43. The number of ether oxygens (including phenoxy) is 1. The summed E-state index contributed by atoms with van der Waals surface area (Å²) in [6.45, 7) is 7.89. The number of nitrogens with one attached hydrogen (secondary N) is 1. The quantitative estimate of drug-likeness (QED) is 0.641. The number of hydrogen-bond acceptors (Lipinski definition) is 4. The molecule has 0 aliphatic heterocycles. The molecule has 28 heavy (non-hydrogen) atoms. The molecule has 0 spiro atoms. The van der Waals surface area contributed by atoms with Crippen LogP contribution < -0.4 is 10.5 Å². The van der Waals surface area contributed by atoms with Crippen LogP contribution in [-0.2, 0) is 26.1 Å². The Hall–Kier alpha value is -1.24. The Morgan fingerprint density at radius 3 is 2.32 bits per heavy atom. The van der Waals surface area contributed by atoms with Crippen LogP contribution in [0, 0.1) is 5.92 Å². The molecule has 2 unspecified atom stereocenters. The van der Waals surface area contributed by atoms with Gasteiger partial charge in [-0.05, 0) is 51.5 Å². The molecule has 1 aromatic rings. The van der Waals surface area contributed by atoms with Crippen molar-refractivity contribution in [2.75, 3.05) is 6.54 Å². The molecule has 0 amide bonds. The first-order chi connectivity index (χ1) is 13.2. The van der Waals surface area contributed by atoms with Gasteiger partial charge in [0.2, 0.25) is 0 Å². The van der Waals surface area contributed by atoms with Crippen molar-refractivity contribution >= 4 is 17.0 Å². The number of carbonyl (C=O) groups is 1. The topological polar surface area (TPSA) is 81.4 Å². The lowest BCUT2D eigenvalue weighted by Gasteiger charge is -2.37. The van der Waals surface area contributed by atoms with Gasteiger partial charge in [0.15, 0.2) is 5.54 Å². The molecule has 1 saturated carbocycles. The van der Waals surface area contributed by atoms with Crippen molar-refractivity contribution < 1.29 is 13.7 Å². The molecule has 6 heteroatoms. The average Bonchev–Trinajstić information content (AvgIpc) is 2.70. The lowest BCUT2D eigenvalue weighted by atomic mass is 9.84. The number of nitrogens with two attached hydrogens (primary N) is 1. The van der Waals surface area contributed by atoms with E-state index in [0.29, 0.717) is 18.9 Å². The maximum Gasteiger partial charge on any atom is 0.332 e. The Morgan fingerprint density at radius 2 is 1.82 bits per heavy atom. The van der Waals surface area contributed by atoms with Gasteiger partial charge in [0.25, 0.3) is 0 Å². The average molecular weight is 409 g/mol. The first-order valence-corrected chi connectivity index (χ1v) is 11.6. The number of carbonyl (C=O) groups excluding carboxylic acids is 1. The fourth-order valence-corrected chi connectivity index (χ4v) is 4.72. The second-order valence-corrected chi connectivity index (χ2v) is 10.7. The molecule has 5 nitrogen and oxygen atoms in total. The van der Waals surface area contributed by atoms with E-state index in [0.717, 1.165) is 31.2 Å². The van der Waals surface area contributed by atoms with Crippen LogP contribution in [0.4, 0.5) is 0 Å². The van der Waals surface area contributed by atoms with Gasteiger partial charge in [0, 0.05) is 6.54 Å². The highest BCUT2D eigenvalue weighted by Gasteiger charge is 2.44. The van der Waals surface area contributed by atoms with E-state index in [1.54, 1.807) is 0 Å². The number of rotatable bonds is 8. The summed E-state index contributed by atoms with van der Waals surface area (Å²) in [6, 6.07) is 9.44. The SMILES string of the molecule is CCC(NS(=O)C(C)(C)C)(C(=O)O[C@@H](CN)C1CCCCC1)c1ccccc1. The number of esters is 1. The highest BCUT2D eigenvalue weighted by atomic mass is 32.2. The molecule has 0 radical (unpaired) electrons. The van der Waals surface area contributed by atoms with Crippen LogP contribution in [-0.4, -0.2) is 27.6 Å². The van der Waals surface area contributed by atoms with Gasteiger partial charge >= 0.3 is 5.97 Å². The number of hydrogen-bond donors (Lipinski definition) is 2. The largest absolute Gasteiger partial charge is 0.459 e. The van der Waals surface area contributed by atoms with Crippen molar-refractivity contribution in [2.45, 2.75) is 82.6 Å². The predicted molar refractivity (Wildman–Crippen MR) is 115 cm³/mol. The van der Waals surface area contributed by atoms with Gasteiger partial charge in [-0.1, -0.05) is 56.5 Å². The van der Waals surface area contributed by atoms with Gasteiger partial charge in [-0.15, -0.1) is 0 Å². The lowest BCUT2D eigenvalue weighted by molar-refractivity contribution is -0.160. The van der Waals surface area contributed by atoms with Crippen LogP contribution in [0.25, 0.3) is 0 Å². The Balaban J connectivity index is 2.33. The van der Waals surface area contributed by atoms with Crippen molar-refractivity contribution in [2.24, 2.45) is 11.7 Å². The summed E-state index contributed by atoms with van der Waals surface area (Å²) in [5, 5.41) is 0. The van der Waals surface area contributed by atoms with E-state index in [4.69, 9.17) is 10.5 Å². The maximum absolute atomic E-state index is 13.5. The van der Waals surface area contributed by atoms with E-state index >= 15 is 0 Å². The zero-order valence-corrected chi connectivity index (χ0v) is 18.5. The second kappa shape index (κ2) is 9.99. The van der Waals surface area contributed by atoms with Crippen LogP contribution in [0.2, 0.25) is 0 Å². The molecule has 3 atom stereocenters. The van der Waals surface area contributed by atoms with Crippen LogP contribution in [0.3, 0.4) is 0 Å². The first kappa shape index (κ1) is 23.0. The van der Waals surface area contributed by atoms with Gasteiger partial charge in [-0.3, -0.25) is 0 Å². The fourth-order valence-electron chi connectivity index (χ4n) is 3.75. The van der Waals surface area contributed by atoms with E-state index in [1.165, 1.54) is 6.42 Å². The third-order valence-corrected chi connectivity index (χ3v) is 7.28. The van der Waals surface area contributed by atoms with E-state index in [-0.39, 0.29) is 12.1 Å². The molecular weight excluding hydrogens is 372 g/mol. The monoisotopic (exact) mass is 408 g/mol.